The summed E-state index contributed by atoms with van der Waals surface area (Å²) in [6.45, 7) is -0.423. The van der Waals surface area contributed by atoms with E-state index in [0.29, 0.717) is 11.4 Å². The first kappa shape index (κ1) is 19.0. The van der Waals surface area contributed by atoms with E-state index in [4.69, 9.17) is 4.74 Å². The highest BCUT2D eigenvalue weighted by atomic mass is 32.1. The van der Waals surface area contributed by atoms with Crippen LogP contribution in [0.4, 0.5) is 18.9 Å². The number of anilines is 1. The van der Waals surface area contributed by atoms with Crippen molar-refractivity contribution in [2.75, 3.05) is 11.9 Å². The number of nitrogens with one attached hydrogen (secondary N) is 1. The highest BCUT2D eigenvalue weighted by molar-refractivity contribution is 7.15. The largest absolute Gasteiger partial charge is 0.484 e. The summed E-state index contributed by atoms with van der Waals surface area (Å²) in [6.07, 6.45) is -0.727. The van der Waals surface area contributed by atoms with Crippen LogP contribution in [0.5, 0.6) is 5.75 Å². The zero-order chi connectivity index (χ0) is 20.4. The second kappa shape index (κ2) is 7.59. The molecule has 4 aromatic rings. The average Bonchev–Trinajstić information content (AvgIpc) is 3.28. The summed E-state index contributed by atoms with van der Waals surface area (Å²) >= 11 is 1.50. The molecule has 4 rings (SSSR count). The summed E-state index contributed by atoms with van der Waals surface area (Å²) in [5.74, 6) is -0.520. The van der Waals surface area contributed by atoms with Crippen molar-refractivity contribution in [2.24, 2.45) is 0 Å². The molecule has 148 valence electrons. The van der Waals surface area contributed by atoms with Gasteiger partial charge in [-0.05, 0) is 24.3 Å². The lowest BCUT2D eigenvalue weighted by molar-refractivity contribution is -0.137. The normalized spacial score (nSPS) is 11.6. The molecule has 0 bridgehead atoms. The van der Waals surface area contributed by atoms with E-state index in [2.05, 4.69) is 10.3 Å². The molecule has 0 spiro atoms. The van der Waals surface area contributed by atoms with Crippen LogP contribution >= 0.6 is 11.3 Å². The Labute approximate surface area is 167 Å². The third kappa shape index (κ3) is 4.24. The highest BCUT2D eigenvalue weighted by Gasteiger charge is 2.30. The molecule has 0 saturated carbocycles. The van der Waals surface area contributed by atoms with E-state index in [1.807, 2.05) is 34.3 Å². The zero-order valence-electron chi connectivity index (χ0n) is 14.8. The maximum Gasteiger partial charge on any atom is 0.416 e. The van der Waals surface area contributed by atoms with E-state index in [1.165, 1.54) is 23.5 Å². The molecule has 0 aliphatic rings. The SMILES string of the molecule is O=C(COc1cccc(C(F)(F)F)c1)Nc1ccccc1-c1cn2ccsc2n1. The van der Waals surface area contributed by atoms with Crippen molar-refractivity contribution in [1.82, 2.24) is 9.38 Å². The molecule has 2 heterocycles. The third-order valence-corrected chi connectivity index (χ3v) is 4.87. The summed E-state index contributed by atoms with van der Waals surface area (Å²) in [6, 6.07) is 11.6. The smallest absolute Gasteiger partial charge is 0.416 e. The van der Waals surface area contributed by atoms with Crippen LogP contribution in [0.3, 0.4) is 0 Å². The number of para-hydroxylation sites is 1. The quantitative estimate of drug-likeness (QED) is 0.492. The van der Waals surface area contributed by atoms with Crippen molar-refractivity contribution < 1.29 is 22.7 Å². The molecule has 0 aliphatic carbocycles. The first-order valence-electron chi connectivity index (χ1n) is 8.52. The van der Waals surface area contributed by atoms with Gasteiger partial charge >= 0.3 is 6.18 Å². The van der Waals surface area contributed by atoms with E-state index in [1.54, 1.807) is 12.1 Å². The van der Waals surface area contributed by atoms with Crippen LogP contribution in [0.1, 0.15) is 5.56 Å². The van der Waals surface area contributed by atoms with Crippen LogP contribution < -0.4 is 10.1 Å². The number of fused-ring (bicyclic) bond motifs is 1. The van der Waals surface area contributed by atoms with Crippen molar-refractivity contribution in [3.8, 4) is 17.0 Å². The van der Waals surface area contributed by atoms with E-state index >= 15 is 0 Å². The fourth-order valence-electron chi connectivity index (χ4n) is 2.77. The maximum atomic E-state index is 12.8. The number of hydrogen-bond acceptors (Lipinski definition) is 4. The van der Waals surface area contributed by atoms with Crippen LogP contribution in [0.2, 0.25) is 0 Å². The van der Waals surface area contributed by atoms with Crippen molar-refractivity contribution in [2.45, 2.75) is 6.18 Å². The number of aromatic nitrogens is 2. The Morgan fingerprint density at radius 3 is 2.79 bits per heavy atom. The monoisotopic (exact) mass is 417 g/mol. The zero-order valence-corrected chi connectivity index (χ0v) is 15.6. The fraction of sp³-hybridized carbons (Fsp3) is 0.100. The predicted octanol–water partition coefficient (Wildman–Crippen LogP) is 5.10. The van der Waals surface area contributed by atoms with Crippen LogP contribution in [-0.4, -0.2) is 21.9 Å². The molecular weight excluding hydrogens is 403 g/mol. The Morgan fingerprint density at radius 2 is 2.00 bits per heavy atom. The molecule has 0 atom stereocenters. The molecular formula is C20H14F3N3O2S. The third-order valence-electron chi connectivity index (χ3n) is 4.10. The number of hydrogen-bond donors (Lipinski definition) is 1. The number of carbonyl (C=O) groups is 1. The average molecular weight is 417 g/mol. The molecule has 0 unspecified atom stereocenters. The summed E-state index contributed by atoms with van der Waals surface area (Å²) in [7, 11) is 0. The van der Waals surface area contributed by atoms with Crippen LogP contribution in [0.25, 0.3) is 16.2 Å². The first-order chi connectivity index (χ1) is 13.9. The van der Waals surface area contributed by atoms with Gasteiger partial charge in [0, 0.05) is 23.3 Å². The van der Waals surface area contributed by atoms with Gasteiger partial charge in [-0.2, -0.15) is 13.2 Å². The summed E-state index contributed by atoms with van der Waals surface area (Å²) < 4.78 is 45.4. The Kier molecular flexibility index (Phi) is 4.98. The summed E-state index contributed by atoms with van der Waals surface area (Å²) in [5.41, 5.74) is 1.14. The molecule has 1 amide bonds. The number of thiazole rings is 1. The standard InChI is InChI=1S/C20H14F3N3O2S/c21-20(22,23)13-4-3-5-14(10-13)28-12-18(27)24-16-7-2-1-6-15(16)17-11-26-8-9-29-19(26)25-17/h1-11H,12H2,(H,24,27). The lowest BCUT2D eigenvalue weighted by Gasteiger charge is -2.12. The van der Waals surface area contributed by atoms with E-state index in [-0.39, 0.29) is 5.75 Å². The molecule has 9 heteroatoms. The molecule has 1 N–H and O–H groups in total. The molecule has 0 aliphatic heterocycles. The van der Waals surface area contributed by atoms with Gasteiger partial charge in [0.15, 0.2) is 11.6 Å². The first-order valence-corrected chi connectivity index (χ1v) is 9.39. The number of benzene rings is 2. The minimum Gasteiger partial charge on any atom is -0.484 e. The van der Waals surface area contributed by atoms with Gasteiger partial charge < -0.3 is 10.1 Å². The molecule has 0 fully saturated rings. The van der Waals surface area contributed by atoms with Gasteiger partial charge in [0.05, 0.1) is 16.9 Å². The molecule has 0 saturated heterocycles. The summed E-state index contributed by atoms with van der Waals surface area (Å²) in [5, 5.41) is 4.65. The van der Waals surface area contributed by atoms with Crippen LogP contribution in [0.15, 0.2) is 66.3 Å². The topological polar surface area (TPSA) is 55.6 Å². The Balaban J connectivity index is 1.46. The van der Waals surface area contributed by atoms with E-state index in [9.17, 15) is 18.0 Å². The second-order valence-electron chi connectivity index (χ2n) is 6.13. The number of amides is 1. The molecule has 2 aromatic carbocycles. The number of halogens is 3. The molecule has 29 heavy (non-hydrogen) atoms. The number of rotatable bonds is 5. The van der Waals surface area contributed by atoms with Gasteiger partial charge in [0.2, 0.25) is 0 Å². The predicted molar refractivity (Wildman–Crippen MR) is 104 cm³/mol. The Morgan fingerprint density at radius 1 is 1.17 bits per heavy atom. The lowest BCUT2D eigenvalue weighted by atomic mass is 10.1. The van der Waals surface area contributed by atoms with Crippen molar-refractivity contribution in [3.63, 3.8) is 0 Å². The number of ether oxygens (including phenoxy) is 1. The molecule has 5 nitrogen and oxygen atoms in total. The van der Waals surface area contributed by atoms with Gasteiger partial charge in [-0.15, -0.1) is 11.3 Å². The van der Waals surface area contributed by atoms with E-state index < -0.39 is 24.3 Å². The second-order valence-corrected chi connectivity index (χ2v) is 7.00. The number of alkyl halides is 3. The van der Waals surface area contributed by atoms with Crippen molar-refractivity contribution >= 4 is 27.9 Å². The lowest BCUT2D eigenvalue weighted by Crippen LogP contribution is -2.20. The Bertz CT molecular complexity index is 1140. The number of nitrogens with zero attached hydrogens (tertiary/aromatic N) is 2. The van der Waals surface area contributed by atoms with E-state index in [0.717, 1.165) is 22.7 Å². The minimum absolute atomic E-state index is 0.0300. The van der Waals surface area contributed by atoms with Crippen LogP contribution in [0, 0.1) is 0 Å². The highest BCUT2D eigenvalue weighted by Crippen LogP contribution is 2.31. The van der Waals surface area contributed by atoms with Gasteiger partial charge in [-0.1, -0.05) is 24.3 Å². The van der Waals surface area contributed by atoms with Gasteiger partial charge in [-0.3, -0.25) is 9.20 Å². The molecule has 2 aromatic heterocycles. The minimum atomic E-state index is -4.47. The van der Waals surface area contributed by atoms with Gasteiger partial charge in [0.25, 0.3) is 5.91 Å². The Hall–Kier alpha value is -3.33. The fourth-order valence-corrected chi connectivity index (χ4v) is 3.47. The van der Waals surface area contributed by atoms with Crippen molar-refractivity contribution in [3.05, 3.63) is 71.9 Å². The number of carbonyl (C=O) groups excluding carboxylic acids is 1. The molecule has 0 radical (unpaired) electrons. The van der Waals surface area contributed by atoms with Gasteiger partial charge in [0.1, 0.15) is 5.75 Å². The van der Waals surface area contributed by atoms with Crippen molar-refractivity contribution in [1.29, 1.82) is 0 Å². The maximum absolute atomic E-state index is 12.8. The number of imidazole rings is 1. The summed E-state index contributed by atoms with van der Waals surface area (Å²) in [4.78, 5) is 17.6. The van der Waals surface area contributed by atoms with Crippen LogP contribution in [-0.2, 0) is 11.0 Å². The van der Waals surface area contributed by atoms with Gasteiger partial charge in [-0.25, -0.2) is 4.98 Å².